The molecule has 5 nitrogen and oxygen atoms in total. The van der Waals surface area contributed by atoms with E-state index >= 15 is 0 Å². The van der Waals surface area contributed by atoms with Crippen LogP contribution in [-0.2, 0) is 4.79 Å². The number of hydrogen-bond donors (Lipinski definition) is 2. The van der Waals surface area contributed by atoms with Crippen molar-refractivity contribution in [3.05, 3.63) is 35.4 Å². The van der Waals surface area contributed by atoms with Crippen molar-refractivity contribution in [2.45, 2.75) is 62.3 Å². The SMILES string of the molecule is C=C(C)CCC(C)(O)C/C=C/[C@H]1CCC(=O)[C@@H]1CCSc1nc(C(=O)O)cs1. The van der Waals surface area contributed by atoms with Gasteiger partial charge in [-0.15, -0.1) is 17.9 Å². The Kier molecular flexibility index (Phi) is 8.46. The predicted molar refractivity (Wildman–Crippen MR) is 114 cm³/mol. The molecular weight excluding hydrogens is 394 g/mol. The molecule has 1 heterocycles. The Balaban J connectivity index is 1.82. The largest absolute Gasteiger partial charge is 0.476 e. The highest BCUT2D eigenvalue weighted by Crippen LogP contribution is 2.35. The molecular formula is C21H29NO4S2. The number of carbonyl (C=O) groups excluding carboxylic acids is 1. The van der Waals surface area contributed by atoms with Crippen LogP contribution < -0.4 is 0 Å². The van der Waals surface area contributed by atoms with Crippen LogP contribution in [0.25, 0.3) is 0 Å². The third-order valence-electron chi connectivity index (χ3n) is 5.04. The summed E-state index contributed by atoms with van der Waals surface area (Å²) in [6, 6.07) is 0. The molecule has 1 unspecified atom stereocenters. The number of carbonyl (C=O) groups is 2. The maximum Gasteiger partial charge on any atom is 0.355 e. The summed E-state index contributed by atoms with van der Waals surface area (Å²) >= 11 is 2.83. The lowest BCUT2D eigenvalue weighted by molar-refractivity contribution is -0.121. The minimum atomic E-state index is -1.02. The molecule has 0 saturated heterocycles. The molecule has 1 saturated carbocycles. The van der Waals surface area contributed by atoms with Gasteiger partial charge in [0.2, 0.25) is 0 Å². The van der Waals surface area contributed by atoms with Crippen LogP contribution in [0.15, 0.2) is 34.0 Å². The van der Waals surface area contributed by atoms with Gasteiger partial charge in [0.1, 0.15) is 5.78 Å². The van der Waals surface area contributed by atoms with Gasteiger partial charge in [-0.1, -0.05) is 29.5 Å². The van der Waals surface area contributed by atoms with E-state index in [1.54, 1.807) is 0 Å². The summed E-state index contributed by atoms with van der Waals surface area (Å²) in [5, 5.41) is 20.9. The quantitative estimate of drug-likeness (QED) is 0.386. The number of carboxylic acid groups (broad SMARTS) is 1. The molecule has 0 aliphatic heterocycles. The zero-order valence-corrected chi connectivity index (χ0v) is 18.2. The zero-order chi connectivity index (χ0) is 20.7. The van der Waals surface area contributed by atoms with Crippen molar-refractivity contribution < 1.29 is 19.8 Å². The monoisotopic (exact) mass is 423 g/mol. The number of allylic oxidation sites excluding steroid dienone is 2. The lowest BCUT2D eigenvalue weighted by atomic mass is 9.90. The molecule has 1 aliphatic rings. The van der Waals surface area contributed by atoms with Crippen molar-refractivity contribution >= 4 is 34.9 Å². The predicted octanol–water partition coefficient (Wildman–Crippen LogP) is 4.97. The number of hydrogen-bond acceptors (Lipinski definition) is 6. The molecule has 154 valence electrons. The van der Waals surface area contributed by atoms with E-state index in [4.69, 9.17) is 5.11 Å². The number of thiazole rings is 1. The summed E-state index contributed by atoms with van der Waals surface area (Å²) in [7, 11) is 0. The number of Topliss-reactive ketones (excluding diaryl/α,β-unsaturated/α-hetero) is 1. The van der Waals surface area contributed by atoms with Crippen molar-refractivity contribution in [2.75, 3.05) is 5.75 Å². The van der Waals surface area contributed by atoms with Crippen molar-refractivity contribution in [2.24, 2.45) is 11.8 Å². The van der Waals surface area contributed by atoms with E-state index in [1.165, 1.54) is 28.5 Å². The molecule has 0 amide bonds. The smallest absolute Gasteiger partial charge is 0.355 e. The molecule has 0 radical (unpaired) electrons. The fraction of sp³-hybridized carbons (Fsp3) is 0.571. The topological polar surface area (TPSA) is 87.5 Å². The molecule has 1 fully saturated rings. The van der Waals surface area contributed by atoms with E-state index in [9.17, 15) is 14.7 Å². The summed E-state index contributed by atoms with van der Waals surface area (Å²) in [6.07, 6.45) is 8.40. The van der Waals surface area contributed by atoms with Crippen LogP contribution in [0, 0.1) is 11.8 Å². The number of carboxylic acids is 1. The van der Waals surface area contributed by atoms with E-state index in [2.05, 4.69) is 17.6 Å². The number of aliphatic hydroxyl groups is 1. The number of rotatable bonds is 11. The lowest BCUT2D eigenvalue weighted by Gasteiger charge is -2.22. The van der Waals surface area contributed by atoms with Crippen molar-refractivity contribution in [1.29, 1.82) is 0 Å². The maximum atomic E-state index is 12.3. The van der Waals surface area contributed by atoms with Crippen molar-refractivity contribution in [3.8, 4) is 0 Å². The van der Waals surface area contributed by atoms with Gasteiger partial charge in [0.15, 0.2) is 10.0 Å². The first-order valence-electron chi connectivity index (χ1n) is 9.56. The van der Waals surface area contributed by atoms with E-state index in [-0.39, 0.29) is 17.5 Å². The Morgan fingerprint density at radius 3 is 2.93 bits per heavy atom. The number of nitrogens with zero attached hydrogens (tertiary/aromatic N) is 1. The lowest BCUT2D eigenvalue weighted by Crippen LogP contribution is -2.23. The van der Waals surface area contributed by atoms with Gasteiger partial charge in [-0.25, -0.2) is 9.78 Å². The van der Waals surface area contributed by atoms with Crippen molar-refractivity contribution in [1.82, 2.24) is 4.98 Å². The first kappa shape index (κ1) is 22.8. The molecule has 1 aromatic heterocycles. The summed E-state index contributed by atoms with van der Waals surface area (Å²) in [4.78, 5) is 27.2. The fourth-order valence-electron chi connectivity index (χ4n) is 3.32. The molecule has 28 heavy (non-hydrogen) atoms. The second-order valence-corrected chi connectivity index (χ2v) is 10.0. The Labute approximate surface area is 175 Å². The van der Waals surface area contributed by atoms with Crippen LogP contribution >= 0.6 is 23.1 Å². The average molecular weight is 424 g/mol. The molecule has 0 bridgehead atoms. The van der Waals surface area contributed by atoms with Crippen LogP contribution in [0.2, 0.25) is 0 Å². The number of thioether (sulfide) groups is 1. The fourth-order valence-corrected chi connectivity index (χ4v) is 5.21. The zero-order valence-electron chi connectivity index (χ0n) is 16.5. The van der Waals surface area contributed by atoms with Gasteiger partial charge in [-0.3, -0.25) is 4.79 Å². The Bertz CT molecular complexity index is 739. The molecule has 2 rings (SSSR count). The van der Waals surface area contributed by atoms with Crippen LogP contribution in [0.1, 0.15) is 62.9 Å². The normalized spacial score (nSPS) is 21.9. The van der Waals surface area contributed by atoms with Gasteiger partial charge in [0.05, 0.1) is 5.60 Å². The van der Waals surface area contributed by atoms with Gasteiger partial charge in [0.25, 0.3) is 0 Å². The molecule has 1 aliphatic carbocycles. The standard InChI is InChI=1S/C21H29NO4S2/c1-14(2)8-11-21(3,26)10-4-5-15-6-7-18(23)16(15)9-12-27-20-22-17(13-28-20)19(24)25/h4-5,13,15-16,26H,1,6-12H2,2-3H3,(H,24,25)/b5-4+/t15-,16+,21?/m0/s1. The Morgan fingerprint density at radius 2 is 2.29 bits per heavy atom. The first-order valence-corrected chi connectivity index (χ1v) is 11.4. The summed E-state index contributed by atoms with van der Waals surface area (Å²) in [5.41, 5.74) is 0.388. The van der Waals surface area contributed by atoms with E-state index in [1.807, 2.05) is 19.9 Å². The average Bonchev–Trinajstić information content (AvgIpc) is 3.22. The summed E-state index contributed by atoms with van der Waals surface area (Å²) in [6.45, 7) is 7.68. The van der Waals surface area contributed by atoms with Gasteiger partial charge >= 0.3 is 5.97 Å². The molecule has 7 heteroatoms. The van der Waals surface area contributed by atoms with Crippen LogP contribution in [0.3, 0.4) is 0 Å². The summed E-state index contributed by atoms with van der Waals surface area (Å²) in [5.74, 6) is 0.246. The third-order valence-corrected chi connectivity index (χ3v) is 7.10. The first-order chi connectivity index (χ1) is 13.2. The van der Waals surface area contributed by atoms with Crippen LogP contribution in [-0.4, -0.2) is 38.3 Å². The minimum absolute atomic E-state index is 0.00280. The second kappa shape index (κ2) is 10.4. The molecule has 0 spiro atoms. The summed E-state index contributed by atoms with van der Waals surface area (Å²) < 4.78 is 0.725. The number of aromatic nitrogens is 1. The molecule has 2 N–H and O–H groups in total. The van der Waals surface area contributed by atoms with Gasteiger partial charge < -0.3 is 10.2 Å². The molecule has 0 aromatic carbocycles. The van der Waals surface area contributed by atoms with E-state index < -0.39 is 11.6 Å². The molecule has 1 aromatic rings. The van der Waals surface area contributed by atoms with Gasteiger partial charge in [0, 0.05) is 23.5 Å². The number of ketones is 1. The Morgan fingerprint density at radius 1 is 1.54 bits per heavy atom. The number of aromatic carboxylic acids is 1. The van der Waals surface area contributed by atoms with Gasteiger partial charge in [-0.2, -0.15) is 0 Å². The highest BCUT2D eigenvalue weighted by atomic mass is 32.2. The second-order valence-electron chi connectivity index (χ2n) is 7.80. The van der Waals surface area contributed by atoms with E-state index in [0.717, 1.165) is 34.9 Å². The molecule has 3 atom stereocenters. The van der Waals surface area contributed by atoms with E-state index in [0.29, 0.717) is 25.0 Å². The van der Waals surface area contributed by atoms with Crippen LogP contribution in [0.4, 0.5) is 0 Å². The third kappa shape index (κ3) is 7.18. The highest BCUT2D eigenvalue weighted by Gasteiger charge is 2.32. The Hall–Kier alpha value is -1.44. The van der Waals surface area contributed by atoms with Crippen LogP contribution in [0.5, 0.6) is 0 Å². The maximum absolute atomic E-state index is 12.3. The van der Waals surface area contributed by atoms with Gasteiger partial charge in [-0.05, 0) is 51.9 Å². The minimum Gasteiger partial charge on any atom is -0.476 e. The highest BCUT2D eigenvalue weighted by molar-refractivity contribution is 8.01. The van der Waals surface area contributed by atoms with Crippen molar-refractivity contribution in [3.63, 3.8) is 0 Å².